The molecule has 0 heterocycles. The fraction of sp³-hybridized carbons (Fsp3) is 0.750. The van der Waals surface area contributed by atoms with E-state index in [1.54, 1.807) is 13.8 Å². The number of rotatable bonds is 1. The van der Waals surface area contributed by atoms with Crippen LogP contribution in [0.5, 0.6) is 0 Å². The third-order valence-corrected chi connectivity index (χ3v) is 0.569. The summed E-state index contributed by atoms with van der Waals surface area (Å²) in [6.45, 7) is 3.53. The van der Waals surface area contributed by atoms with E-state index in [0.717, 1.165) is 0 Å². The molecule has 0 aliphatic heterocycles. The summed E-state index contributed by atoms with van der Waals surface area (Å²) in [5, 5.41) is 0. The van der Waals surface area contributed by atoms with E-state index in [0.29, 0.717) is 0 Å². The van der Waals surface area contributed by atoms with Crippen LogP contribution in [-0.4, -0.2) is 35.5 Å². The Balaban J connectivity index is -0.000000125. The number of nitrogens with two attached hydrogens (primary N) is 1. The topological polar surface area (TPSA) is 43.1 Å². The second-order valence-electron chi connectivity index (χ2n) is 1.56. The van der Waals surface area contributed by atoms with Crippen LogP contribution < -0.4 is 5.73 Å². The van der Waals surface area contributed by atoms with Crippen LogP contribution in [0.15, 0.2) is 0 Å². The van der Waals surface area contributed by atoms with Crippen LogP contribution in [0.25, 0.3) is 0 Å². The summed E-state index contributed by atoms with van der Waals surface area (Å²) in [5.41, 5.74) is 4.80. The molecule has 0 aliphatic rings. The van der Waals surface area contributed by atoms with Gasteiger partial charge in [0.25, 0.3) is 0 Å². The molecule has 0 aromatic rings. The van der Waals surface area contributed by atoms with Crippen LogP contribution in [0.2, 0.25) is 0 Å². The van der Waals surface area contributed by atoms with E-state index in [2.05, 4.69) is 0 Å². The molecule has 4 heteroatoms. The molecular weight excluding hydrogens is 136 g/mol. The van der Waals surface area contributed by atoms with Crippen molar-refractivity contribution in [2.75, 3.05) is 0 Å². The molecular formula is C4H11ClNNaO. The van der Waals surface area contributed by atoms with Gasteiger partial charge in [0.2, 0.25) is 5.91 Å². The summed E-state index contributed by atoms with van der Waals surface area (Å²) < 4.78 is 0. The second-order valence-corrected chi connectivity index (χ2v) is 1.56. The Morgan fingerprint density at radius 3 is 1.62 bits per heavy atom. The molecule has 0 aromatic carbocycles. The minimum absolute atomic E-state index is 0. The van der Waals surface area contributed by atoms with Crippen LogP contribution in [0.1, 0.15) is 13.8 Å². The van der Waals surface area contributed by atoms with E-state index >= 15 is 0 Å². The number of carbonyl (C=O) groups excluding carboxylic acids is 1. The van der Waals surface area contributed by atoms with Gasteiger partial charge < -0.3 is 5.73 Å². The van der Waals surface area contributed by atoms with Crippen LogP contribution in [0, 0.1) is 5.92 Å². The number of amides is 1. The van der Waals surface area contributed by atoms with Crippen molar-refractivity contribution in [1.29, 1.82) is 0 Å². The molecule has 0 saturated carbocycles. The van der Waals surface area contributed by atoms with Gasteiger partial charge in [-0.05, 0) is 0 Å². The van der Waals surface area contributed by atoms with Gasteiger partial charge in [0, 0.05) is 5.92 Å². The molecule has 46 valence electrons. The molecule has 0 aliphatic carbocycles. The maximum absolute atomic E-state index is 9.92. The Morgan fingerprint density at radius 2 is 1.62 bits per heavy atom. The monoisotopic (exact) mass is 147 g/mol. The Hall–Kier alpha value is 0.760. The van der Waals surface area contributed by atoms with Crippen molar-refractivity contribution in [1.82, 2.24) is 0 Å². The van der Waals surface area contributed by atoms with Crippen LogP contribution in [0.4, 0.5) is 0 Å². The zero-order valence-corrected chi connectivity index (χ0v) is 5.29. The standard InChI is InChI=1S/C4H9NO.ClH.Na.H/c1-3(2)4(5)6;;;/h3H,1-2H3,(H2,5,6);1H;;. The van der Waals surface area contributed by atoms with Gasteiger partial charge in [-0.15, -0.1) is 12.4 Å². The third-order valence-electron chi connectivity index (χ3n) is 0.569. The van der Waals surface area contributed by atoms with Crippen LogP contribution in [-0.2, 0) is 4.79 Å². The quantitative estimate of drug-likeness (QED) is 0.518. The Bertz CT molecular complexity index is 67.1. The molecule has 0 spiro atoms. The summed E-state index contributed by atoms with van der Waals surface area (Å²) in [5.74, 6) is -0.250. The molecule has 2 N–H and O–H groups in total. The van der Waals surface area contributed by atoms with Gasteiger partial charge in [0.15, 0.2) is 0 Å². The fourth-order valence-corrected chi connectivity index (χ4v) is 0. The first-order chi connectivity index (χ1) is 2.64. The van der Waals surface area contributed by atoms with E-state index in [-0.39, 0.29) is 53.8 Å². The van der Waals surface area contributed by atoms with Crippen LogP contribution in [0.3, 0.4) is 0 Å². The minimum atomic E-state index is -0.241. The SMILES string of the molecule is CC(C)C(N)=O.Cl.[NaH]. The first-order valence-electron chi connectivity index (χ1n) is 1.94. The second kappa shape index (κ2) is 7.76. The van der Waals surface area contributed by atoms with Gasteiger partial charge in [0.05, 0.1) is 0 Å². The molecule has 0 atom stereocenters. The summed E-state index contributed by atoms with van der Waals surface area (Å²) in [6.07, 6.45) is 0. The molecule has 0 fully saturated rings. The Morgan fingerprint density at radius 1 is 1.50 bits per heavy atom. The van der Waals surface area contributed by atoms with E-state index in [1.807, 2.05) is 0 Å². The molecule has 0 unspecified atom stereocenters. The fourth-order valence-electron chi connectivity index (χ4n) is 0. The summed E-state index contributed by atoms with van der Waals surface area (Å²) in [7, 11) is 0. The van der Waals surface area contributed by atoms with Gasteiger partial charge >= 0.3 is 29.6 Å². The van der Waals surface area contributed by atoms with Crippen molar-refractivity contribution in [3.63, 3.8) is 0 Å². The van der Waals surface area contributed by atoms with Gasteiger partial charge in [-0.3, -0.25) is 4.79 Å². The molecule has 0 bridgehead atoms. The molecule has 0 aromatic heterocycles. The van der Waals surface area contributed by atoms with Crippen molar-refractivity contribution in [3.05, 3.63) is 0 Å². The van der Waals surface area contributed by atoms with Crippen molar-refractivity contribution in [2.45, 2.75) is 13.8 Å². The predicted octanol–water partition coefficient (Wildman–Crippen LogP) is -0.0990. The zero-order chi connectivity index (χ0) is 5.15. The first kappa shape index (κ1) is 15.9. The summed E-state index contributed by atoms with van der Waals surface area (Å²) >= 11 is 0. The number of hydrogen-bond acceptors (Lipinski definition) is 1. The van der Waals surface area contributed by atoms with Gasteiger partial charge in [-0.25, -0.2) is 0 Å². The third kappa shape index (κ3) is 9.90. The molecule has 0 radical (unpaired) electrons. The number of carbonyl (C=O) groups is 1. The van der Waals surface area contributed by atoms with E-state index in [9.17, 15) is 4.79 Å². The van der Waals surface area contributed by atoms with E-state index < -0.39 is 0 Å². The molecule has 2 nitrogen and oxygen atoms in total. The van der Waals surface area contributed by atoms with Gasteiger partial charge in [0.1, 0.15) is 0 Å². The average Bonchev–Trinajstić information content (AvgIpc) is 1.36. The maximum atomic E-state index is 9.92. The summed E-state index contributed by atoms with van der Waals surface area (Å²) in [6, 6.07) is 0. The van der Waals surface area contributed by atoms with Crippen molar-refractivity contribution >= 4 is 47.9 Å². The first-order valence-corrected chi connectivity index (χ1v) is 1.94. The number of primary amides is 1. The van der Waals surface area contributed by atoms with E-state index in [4.69, 9.17) is 5.73 Å². The average molecular weight is 148 g/mol. The van der Waals surface area contributed by atoms with Crippen molar-refractivity contribution < 1.29 is 4.79 Å². The van der Waals surface area contributed by atoms with Gasteiger partial charge in [-0.1, -0.05) is 13.8 Å². The normalized spacial score (nSPS) is 6.88. The number of hydrogen-bond donors (Lipinski definition) is 1. The Labute approximate surface area is 77.9 Å². The molecule has 0 rings (SSSR count). The number of halogens is 1. The zero-order valence-electron chi connectivity index (χ0n) is 4.47. The molecule has 1 amide bonds. The van der Waals surface area contributed by atoms with Gasteiger partial charge in [-0.2, -0.15) is 0 Å². The van der Waals surface area contributed by atoms with E-state index in [1.165, 1.54) is 0 Å². The van der Waals surface area contributed by atoms with Crippen LogP contribution >= 0.6 is 12.4 Å². The predicted molar refractivity (Wildman–Crippen MR) is 38.4 cm³/mol. The van der Waals surface area contributed by atoms with Crippen molar-refractivity contribution in [3.8, 4) is 0 Å². The van der Waals surface area contributed by atoms with Crippen molar-refractivity contribution in [2.24, 2.45) is 11.7 Å². The molecule has 8 heavy (non-hydrogen) atoms. The molecule has 0 saturated heterocycles. The summed E-state index contributed by atoms with van der Waals surface area (Å²) in [4.78, 5) is 9.92. The Kier molecular flexibility index (Phi) is 15.4.